The zero-order chi connectivity index (χ0) is 14.0. The molecule has 1 amide bonds. The van der Waals surface area contributed by atoms with Crippen LogP contribution in [0, 0.1) is 11.3 Å². The van der Waals surface area contributed by atoms with E-state index in [2.05, 4.69) is 0 Å². The van der Waals surface area contributed by atoms with Gasteiger partial charge in [-0.2, -0.15) is 5.26 Å². The van der Waals surface area contributed by atoms with Crippen LogP contribution >= 0.6 is 11.6 Å². The number of ether oxygens (including phenoxy) is 1. The van der Waals surface area contributed by atoms with E-state index in [-0.39, 0.29) is 24.1 Å². The van der Waals surface area contributed by atoms with Crippen LogP contribution in [0.15, 0.2) is 18.2 Å². The molecule has 2 rings (SSSR count). The van der Waals surface area contributed by atoms with E-state index >= 15 is 0 Å². The minimum atomic E-state index is -0.643. The fourth-order valence-corrected chi connectivity index (χ4v) is 2.05. The summed E-state index contributed by atoms with van der Waals surface area (Å²) < 4.78 is 5.44. The monoisotopic (exact) mass is 278 g/mol. The molecule has 0 N–H and O–H groups in total. The third-order valence-corrected chi connectivity index (χ3v) is 3.08. The number of Topliss-reactive ketones (excluding diaryl/α,β-unsaturated/α-hetero) is 1. The van der Waals surface area contributed by atoms with Gasteiger partial charge in [0.2, 0.25) is 0 Å². The van der Waals surface area contributed by atoms with Crippen molar-refractivity contribution in [3.63, 3.8) is 0 Å². The number of rotatable bonds is 3. The van der Waals surface area contributed by atoms with Crippen LogP contribution in [0.2, 0.25) is 0 Å². The molecule has 19 heavy (non-hydrogen) atoms. The average molecular weight is 279 g/mol. The van der Waals surface area contributed by atoms with E-state index in [1.165, 1.54) is 11.0 Å². The Bertz CT molecular complexity index is 580. The molecule has 6 heteroatoms. The van der Waals surface area contributed by atoms with Gasteiger partial charge < -0.3 is 4.74 Å². The molecule has 0 fully saturated rings. The predicted molar refractivity (Wildman–Crippen MR) is 69.5 cm³/mol. The third-order valence-electron chi connectivity index (χ3n) is 2.84. The number of benzene rings is 1. The molecule has 1 heterocycles. The Hall–Kier alpha value is -2.06. The first-order chi connectivity index (χ1) is 9.08. The lowest BCUT2D eigenvalue weighted by Crippen LogP contribution is -2.44. The summed E-state index contributed by atoms with van der Waals surface area (Å²) >= 11 is 5.51. The molecule has 0 aliphatic carbocycles. The molecule has 0 spiro atoms. The number of ketones is 1. The van der Waals surface area contributed by atoms with Crippen LogP contribution in [0.25, 0.3) is 0 Å². The smallest absolute Gasteiger partial charge is 0.268 e. The molecule has 1 aromatic carbocycles. The molecule has 1 atom stereocenters. The van der Waals surface area contributed by atoms with Crippen LogP contribution in [0.1, 0.15) is 17.3 Å². The quantitative estimate of drug-likeness (QED) is 0.480. The summed E-state index contributed by atoms with van der Waals surface area (Å²) in [7, 11) is 0. The number of hydrogen-bond acceptors (Lipinski definition) is 4. The molecular weight excluding hydrogens is 268 g/mol. The number of nitriles is 1. The Morgan fingerprint density at radius 3 is 2.95 bits per heavy atom. The third kappa shape index (κ3) is 2.40. The summed E-state index contributed by atoms with van der Waals surface area (Å²) in [6.45, 7) is 1.53. The summed E-state index contributed by atoms with van der Waals surface area (Å²) in [6, 6.07) is 6.67. The van der Waals surface area contributed by atoms with Crippen molar-refractivity contribution in [1.29, 1.82) is 5.26 Å². The average Bonchev–Trinajstić information content (AvgIpc) is 2.42. The summed E-state index contributed by atoms with van der Waals surface area (Å²) in [4.78, 5) is 24.8. The van der Waals surface area contributed by atoms with Crippen LogP contribution < -0.4 is 9.64 Å². The van der Waals surface area contributed by atoms with Crippen molar-refractivity contribution in [2.45, 2.75) is 13.0 Å². The molecule has 5 nitrogen and oxygen atoms in total. The van der Waals surface area contributed by atoms with Gasteiger partial charge in [0.05, 0.1) is 17.6 Å². The molecule has 0 saturated heterocycles. The molecule has 1 aliphatic heterocycles. The van der Waals surface area contributed by atoms with Crippen molar-refractivity contribution < 1.29 is 14.3 Å². The number of alkyl halides is 1. The molecule has 0 bridgehead atoms. The van der Waals surface area contributed by atoms with E-state index in [9.17, 15) is 9.59 Å². The number of nitrogens with zero attached hydrogens (tertiary/aromatic N) is 2. The number of carbonyl (C=O) groups excluding carboxylic acids is 2. The zero-order valence-electron chi connectivity index (χ0n) is 10.2. The predicted octanol–water partition coefficient (Wildman–Crippen LogP) is 1.75. The van der Waals surface area contributed by atoms with Crippen LogP contribution in [0.5, 0.6) is 5.75 Å². The lowest BCUT2D eigenvalue weighted by molar-refractivity contribution is -0.125. The SMILES string of the molecule is CC1Oc2ccc(C(=O)CCl)cc2N(CC#N)C1=O. The van der Waals surface area contributed by atoms with Crippen molar-refractivity contribution in [2.24, 2.45) is 0 Å². The second-order valence-corrected chi connectivity index (χ2v) is 4.35. The van der Waals surface area contributed by atoms with Gasteiger partial charge in [0.1, 0.15) is 12.3 Å². The first-order valence-corrected chi connectivity index (χ1v) is 6.20. The molecule has 1 unspecified atom stereocenters. The highest BCUT2D eigenvalue weighted by atomic mass is 35.5. The fourth-order valence-electron chi connectivity index (χ4n) is 1.89. The highest BCUT2D eigenvalue weighted by molar-refractivity contribution is 6.30. The van der Waals surface area contributed by atoms with Gasteiger partial charge in [-0.3, -0.25) is 14.5 Å². The van der Waals surface area contributed by atoms with Crippen molar-refractivity contribution in [2.75, 3.05) is 17.3 Å². The van der Waals surface area contributed by atoms with E-state index in [4.69, 9.17) is 21.6 Å². The number of carbonyl (C=O) groups is 2. The van der Waals surface area contributed by atoms with Crippen LogP contribution in [0.3, 0.4) is 0 Å². The van der Waals surface area contributed by atoms with Gasteiger partial charge in [-0.1, -0.05) is 0 Å². The summed E-state index contributed by atoms with van der Waals surface area (Å²) in [5, 5.41) is 8.80. The highest BCUT2D eigenvalue weighted by Crippen LogP contribution is 2.34. The second-order valence-electron chi connectivity index (χ2n) is 4.08. The maximum atomic E-state index is 12.0. The van der Waals surface area contributed by atoms with Gasteiger partial charge in [-0.25, -0.2) is 0 Å². The summed E-state index contributed by atoms with van der Waals surface area (Å²) in [5.41, 5.74) is 0.822. The molecular formula is C13H11ClN2O3. The molecule has 0 aromatic heterocycles. The normalized spacial score (nSPS) is 17.4. The van der Waals surface area contributed by atoms with E-state index in [0.29, 0.717) is 17.0 Å². The molecule has 98 valence electrons. The first kappa shape index (κ1) is 13.4. The number of halogens is 1. The Morgan fingerprint density at radius 2 is 2.32 bits per heavy atom. The molecule has 1 aliphatic rings. The number of anilines is 1. The van der Waals surface area contributed by atoms with Gasteiger partial charge in [-0.15, -0.1) is 11.6 Å². The largest absolute Gasteiger partial charge is 0.479 e. The lowest BCUT2D eigenvalue weighted by Gasteiger charge is -2.31. The molecule has 0 radical (unpaired) electrons. The summed E-state index contributed by atoms with van der Waals surface area (Å²) in [6.07, 6.45) is -0.643. The van der Waals surface area contributed by atoms with E-state index in [1.54, 1.807) is 19.1 Å². The van der Waals surface area contributed by atoms with Crippen molar-refractivity contribution in [1.82, 2.24) is 0 Å². The fraction of sp³-hybridized carbons (Fsp3) is 0.308. The Kier molecular flexibility index (Phi) is 3.72. The molecule has 1 aromatic rings. The topological polar surface area (TPSA) is 70.4 Å². The minimum absolute atomic E-state index is 0.0853. The Morgan fingerprint density at radius 1 is 1.58 bits per heavy atom. The van der Waals surface area contributed by atoms with E-state index < -0.39 is 6.10 Å². The Labute approximate surface area is 115 Å². The Balaban J connectivity index is 2.49. The first-order valence-electron chi connectivity index (χ1n) is 5.66. The van der Waals surface area contributed by atoms with Gasteiger partial charge >= 0.3 is 0 Å². The number of hydrogen-bond donors (Lipinski definition) is 0. The molecule has 0 saturated carbocycles. The second kappa shape index (κ2) is 5.29. The van der Waals surface area contributed by atoms with Gasteiger partial charge in [0.15, 0.2) is 11.9 Å². The van der Waals surface area contributed by atoms with Gasteiger partial charge in [0, 0.05) is 5.56 Å². The van der Waals surface area contributed by atoms with Crippen LogP contribution in [-0.2, 0) is 4.79 Å². The van der Waals surface area contributed by atoms with Gasteiger partial charge in [-0.05, 0) is 25.1 Å². The minimum Gasteiger partial charge on any atom is -0.479 e. The van der Waals surface area contributed by atoms with Gasteiger partial charge in [0.25, 0.3) is 5.91 Å². The van der Waals surface area contributed by atoms with Crippen molar-refractivity contribution in [3.8, 4) is 11.8 Å². The zero-order valence-corrected chi connectivity index (χ0v) is 11.0. The number of amides is 1. The lowest BCUT2D eigenvalue weighted by atomic mass is 10.1. The maximum Gasteiger partial charge on any atom is 0.268 e. The maximum absolute atomic E-state index is 12.0. The van der Waals surface area contributed by atoms with E-state index in [0.717, 1.165) is 0 Å². The number of fused-ring (bicyclic) bond motifs is 1. The van der Waals surface area contributed by atoms with Crippen LogP contribution in [-0.4, -0.2) is 30.2 Å². The van der Waals surface area contributed by atoms with Crippen molar-refractivity contribution in [3.05, 3.63) is 23.8 Å². The highest BCUT2D eigenvalue weighted by Gasteiger charge is 2.31. The van der Waals surface area contributed by atoms with E-state index in [1.807, 2.05) is 6.07 Å². The van der Waals surface area contributed by atoms with Crippen LogP contribution in [0.4, 0.5) is 5.69 Å². The standard InChI is InChI=1S/C13H11ClN2O3/c1-8-13(18)16(5-4-15)10-6-9(11(17)7-14)2-3-12(10)19-8/h2-3,6,8H,5,7H2,1H3. The van der Waals surface area contributed by atoms with Crippen molar-refractivity contribution >= 4 is 29.0 Å². The summed E-state index contributed by atoms with van der Waals surface area (Å²) in [5.74, 6) is -0.201.